The molecular formula is C14H21NO2. The summed E-state index contributed by atoms with van der Waals surface area (Å²) >= 11 is 0. The summed E-state index contributed by atoms with van der Waals surface area (Å²) in [6.45, 7) is 3.49. The van der Waals surface area contributed by atoms with Crippen molar-refractivity contribution in [3.8, 4) is 5.75 Å². The van der Waals surface area contributed by atoms with E-state index in [-0.39, 0.29) is 12.1 Å². The van der Waals surface area contributed by atoms with Crippen molar-refractivity contribution in [1.82, 2.24) is 5.32 Å². The van der Waals surface area contributed by atoms with E-state index in [2.05, 4.69) is 18.3 Å². The van der Waals surface area contributed by atoms with E-state index in [0.29, 0.717) is 6.61 Å². The standard InChI is InChI=1S/C14H21NO2/c1-11-4-2-5-12(10-11)17-9-8-15-13-6-3-7-14(13)16/h2,4-5,10,13-16H,3,6-9H2,1H3/t13-,14-/m1/s1. The highest BCUT2D eigenvalue weighted by Gasteiger charge is 2.23. The minimum atomic E-state index is -0.172. The second-order valence-electron chi connectivity index (χ2n) is 4.72. The summed E-state index contributed by atoms with van der Waals surface area (Å²) in [6, 6.07) is 8.32. The molecule has 0 aliphatic heterocycles. The normalized spacial score (nSPS) is 23.9. The Labute approximate surface area is 103 Å². The molecule has 17 heavy (non-hydrogen) atoms. The zero-order chi connectivity index (χ0) is 12.1. The highest BCUT2D eigenvalue weighted by atomic mass is 16.5. The van der Waals surface area contributed by atoms with Crippen molar-refractivity contribution in [2.24, 2.45) is 0 Å². The first kappa shape index (κ1) is 12.4. The Kier molecular flexibility index (Phi) is 4.40. The summed E-state index contributed by atoms with van der Waals surface area (Å²) < 4.78 is 5.64. The number of aliphatic hydroxyl groups excluding tert-OH is 1. The van der Waals surface area contributed by atoms with E-state index in [4.69, 9.17) is 4.74 Å². The first-order chi connectivity index (χ1) is 8.25. The molecule has 0 unspecified atom stereocenters. The van der Waals surface area contributed by atoms with Crippen LogP contribution in [0.25, 0.3) is 0 Å². The summed E-state index contributed by atoms with van der Waals surface area (Å²) in [7, 11) is 0. The number of aliphatic hydroxyl groups is 1. The van der Waals surface area contributed by atoms with Gasteiger partial charge in [0.2, 0.25) is 0 Å². The summed E-state index contributed by atoms with van der Waals surface area (Å²) in [5.41, 5.74) is 1.21. The number of ether oxygens (including phenoxy) is 1. The van der Waals surface area contributed by atoms with Gasteiger partial charge in [0.15, 0.2) is 0 Å². The Morgan fingerprint density at radius 1 is 1.41 bits per heavy atom. The summed E-state index contributed by atoms with van der Waals surface area (Å²) in [4.78, 5) is 0. The number of hydrogen-bond donors (Lipinski definition) is 2. The third-order valence-electron chi connectivity index (χ3n) is 3.25. The fourth-order valence-corrected chi connectivity index (χ4v) is 2.30. The molecule has 94 valence electrons. The molecule has 0 bridgehead atoms. The Hall–Kier alpha value is -1.06. The largest absolute Gasteiger partial charge is 0.492 e. The first-order valence-electron chi connectivity index (χ1n) is 6.36. The van der Waals surface area contributed by atoms with Gasteiger partial charge in [0.1, 0.15) is 12.4 Å². The Bertz CT molecular complexity index is 354. The van der Waals surface area contributed by atoms with Gasteiger partial charge < -0.3 is 15.2 Å². The molecule has 1 aromatic rings. The van der Waals surface area contributed by atoms with E-state index in [1.54, 1.807) is 0 Å². The van der Waals surface area contributed by atoms with Gasteiger partial charge in [-0.2, -0.15) is 0 Å². The van der Waals surface area contributed by atoms with E-state index in [1.807, 2.05) is 18.2 Å². The van der Waals surface area contributed by atoms with Gasteiger partial charge in [-0.15, -0.1) is 0 Å². The molecule has 0 radical (unpaired) electrons. The summed E-state index contributed by atoms with van der Waals surface area (Å²) in [5.74, 6) is 0.916. The lowest BCUT2D eigenvalue weighted by atomic mass is 10.2. The third kappa shape index (κ3) is 3.72. The number of rotatable bonds is 5. The van der Waals surface area contributed by atoms with Crippen molar-refractivity contribution < 1.29 is 9.84 Å². The quantitative estimate of drug-likeness (QED) is 0.766. The van der Waals surface area contributed by atoms with Crippen LogP contribution < -0.4 is 10.1 Å². The minimum Gasteiger partial charge on any atom is -0.492 e. The molecule has 3 nitrogen and oxygen atoms in total. The number of aryl methyl sites for hydroxylation is 1. The molecule has 1 aliphatic carbocycles. The molecule has 2 atom stereocenters. The highest BCUT2D eigenvalue weighted by Crippen LogP contribution is 2.18. The Morgan fingerprint density at radius 2 is 2.29 bits per heavy atom. The molecule has 2 rings (SSSR count). The van der Waals surface area contributed by atoms with Crippen molar-refractivity contribution in [3.63, 3.8) is 0 Å². The molecule has 0 saturated heterocycles. The second-order valence-corrected chi connectivity index (χ2v) is 4.72. The summed E-state index contributed by atoms with van der Waals surface area (Å²) in [5, 5.41) is 13.0. The monoisotopic (exact) mass is 235 g/mol. The summed E-state index contributed by atoms with van der Waals surface area (Å²) in [6.07, 6.45) is 2.95. The van der Waals surface area contributed by atoms with Gasteiger partial charge in [0.05, 0.1) is 6.10 Å². The predicted molar refractivity (Wildman–Crippen MR) is 68.3 cm³/mol. The van der Waals surface area contributed by atoms with Gasteiger partial charge in [-0.05, 0) is 43.9 Å². The van der Waals surface area contributed by atoms with Crippen LogP contribution in [0, 0.1) is 6.92 Å². The minimum absolute atomic E-state index is 0.172. The first-order valence-corrected chi connectivity index (χ1v) is 6.36. The van der Waals surface area contributed by atoms with Gasteiger partial charge in [-0.3, -0.25) is 0 Å². The molecule has 0 aromatic heterocycles. The zero-order valence-electron chi connectivity index (χ0n) is 10.4. The van der Waals surface area contributed by atoms with E-state index in [9.17, 15) is 5.11 Å². The fraction of sp³-hybridized carbons (Fsp3) is 0.571. The number of hydrogen-bond acceptors (Lipinski definition) is 3. The van der Waals surface area contributed by atoms with Crippen LogP contribution in [0.2, 0.25) is 0 Å². The zero-order valence-corrected chi connectivity index (χ0v) is 10.4. The maximum atomic E-state index is 9.64. The molecule has 3 heteroatoms. The molecule has 0 heterocycles. The highest BCUT2D eigenvalue weighted by molar-refractivity contribution is 5.27. The average molecular weight is 235 g/mol. The van der Waals surface area contributed by atoms with E-state index in [1.165, 1.54) is 5.56 Å². The maximum Gasteiger partial charge on any atom is 0.119 e. The second kappa shape index (κ2) is 6.03. The van der Waals surface area contributed by atoms with E-state index >= 15 is 0 Å². The van der Waals surface area contributed by atoms with Crippen LogP contribution in [0.3, 0.4) is 0 Å². The molecule has 2 N–H and O–H groups in total. The van der Waals surface area contributed by atoms with Gasteiger partial charge >= 0.3 is 0 Å². The van der Waals surface area contributed by atoms with Gasteiger partial charge in [0.25, 0.3) is 0 Å². The van der Waals surface area contributed by atoms with Crippen LogP contribution in [0.4, 0.5) is 0 Å². The van der Waals surface area contributed by atoms with Crippen LogP contribution in [-0.2, 0) is 0 Å². The molecular weight excluding hydrogens is 214 g/mol. The van der Waals surface area contributed by atoms with Gasteiger partial charge in [-0.1, -0.05) is 12.1 Å². The SMILES string of the molecule is Cc1cccc(OCCN[C@@H]2CCC[C@H]2O)c1. The van der Waals surface area contributed by atoms with Crippen LogP contribution in [0.1, 0.15) is 24.8 Å². The molecule has 1 aromatic carbocycles. The van der Waals surface area contributed by atoms with E-state index < -0.39 is 0 Å². The Balaban J connectivity index is 1.66. The maximum absolute atomic E-state index is 9.64. The molecule has 1 aliphatic rings. The van der Waals surface area contributed by atoms with Crippen molar-refractivity contribution in [3.05, 3.63) is 29.8 Å². The lowest BCUT2D eigenvalue weighted by Crippen LogP contribution is -2.37. The lowest BCUT2D eigenvalue weighted by Gasteiger charge is -2.16. The van der Waals surface area contributed by atoms with Gasteiger partial charge in [0, 0.05) is 12.6 Å². The Morgan fingerprint density at radius 3 is 3.00 bits per heavy atom. The van der Waals surface area contributed by atoms with Crippen LogP contribution in [0.5, 0.6) is 5.75 Å². The van der Waals surface area contributed by atoms with Gasteiger partial charge in [-0.25, -0.2) is 0 Å². The molecule has 1 saturated carbocycles. The third-order valence-corrected chi connectivity index (χ3v) is 3.25. The number of benzene rings is 1. The predicted octanol–water partition coefficient (Wildman–Crippen LogP) is 1.88. The van der Waals surface area contributed by atoms with Crippen LogP contribution >= 0.6 is 0 Å². The fourth-order valence-electron chi connectivity index (χ4n) is 2.30. The lowest BCUT2D eigenvalue weighted by molar-refractivity contribution is 0.146. The van der Waals surface area contributed by atoms with Crippen molar-refractivity contribution in [2.45, 2.75) is 38.3 Å². The van der Waals surface area contributed by atoms with Crippen LogP contribution in [0.15, 0.2) is 24.3 Å². The smallest absolute Gasteiger partial charge is 0.119 e. The average Bonchev–Trinajstić information content (AvgIpc) is 2.71. The van der Waals surface area contributed by atoms with E-state index in [0.717, 1.165) is 31.6 Å². The molecule has 0 spiro atoms. The molecule has 1 fully saturated rings. The molecule has 0 amide bonds. The topological polar surface area (TPSA) is 41.5 Å². The van der Waals surface area contributed by atoms with Crippen LogP contribution in [-0.4, -0.2) is 30.4 Å². The number of nitrogens with one attached hydrogen (secondary N) is 1. The van der Waals surface area contributed by atoms with Crippen molar-refractivity contribution in [2.75, 3.05) is 13.2 Å². The van der Waals surface area contributed by atoms with Crippen molar-refractivity contribution in [1.29, 1.82) is 0 Å². The van der Waals surface area contributed by atoms with Crippen molar-refractivity contribution >= 4 is 0 Å².